The van der Waals surface area contributed by atoms with E-state index in [2.05, 4.69) is 42.6 Å². The van der Waals surface area contributed by atoms with Crippen molar-refractivity contribution in [1.29, 1.82) is 0 Å². The van der Waals surface area contributed by atoms with Crippen molar-refractivity contribution < 1.29 is 5.11 Å². The molecular formula is C17H21NO. The fourth-order valence-corrected chi connectivity index (χ4v) is 2.16. The number of aliphatic hydroxyl groups excluding tert-OH is 1. The maximum Gasteiger partial charge on any atom is 0.0587 e. The Balaban J connectivity index is 1.91. The van der Waals surface area contributed by atoms with Crippen LogP contribution < -0.4 is 5.32 Å². The average Bonchev–Trinajstić information content (AvgIpc) is 2.46. The Morgan fingerprint density at radius 2 is 1.68 bits per heavy atom. The lowest BCUT2D eigenvalue weighted by Crippen LogP contribution is -2.34. The van der Waals surface area contributed by atoms with Crippen LogP contribution in [0.5, 0.6) is 0 Å². The van der Waals surface area contributed by atoms with E-state index in [-0.39, 0.29) is 12.6 Å². The van der Waals surface area contributed by atoms with E-state index in [0.717, 1.165) is 13.0 Å². The van der Waals surface area contributed by atoms with Gasteiger partial charge in [0.1, 0.15) is 0 Å². The molecule has 0 aromatic heterocycles. The average molecular weight is 255 g/mol. The van der Waals surface area contributed by atoms with E-state index in [4.69, 9.17) is 0 Å². The first-order valence-electron chi connectivity index (χ1n) is 6.72. The first kappa shape index (κ1) is 13.8. The predicted octanol–water partition coefficient (Wildman–Crippen LogP) is 2.69. The predicted molar refractivity (Wildman–Crippen MR) is 79.0 cm³/mol. The number of rotatable bonds is 6. The van der Waals surface area contributed by atoms with Crippen molar-refractivity contribution in [2.45, 2.75) is 25.9 Å². The van der Waals surface area contributed by atoms with E-state index < -0.39 is 0 Å². The Morgan fingerprint density at radius 3 is 2.37 bits per heavy atom. The number of hydrogen-bond donors (Lipinski definition) is 2. The quantitative estimate of drug-likeness (QED) is 0.832. The molecule has 1 atom stereocenters. The highest BCUT2D eigenvalue weighted by atomic mass is 16.3. The van der Waals surface area contributed by atoms with Crippen LogP contribution in [0.1, 0.15) is 16.7 Å². The molecule has 0 aliphatic rings. The third kappa shape index (κ3) is 4.19. The summed E-state index contributed by atoms with van der Waals surface area (Å²) >= 11 is 0. The molecule has 0 aliphatic heterocycles. The molecule has 2 rings (SSSR count). The number of nitrogens with one attached hydrogen (secondary N) is 1. The van der Waals surface area contributed by atoms with Crippen molar-refractivity contribution in [3.8, 4) is 0 Å². The SMILES string of the molecule is Cc1ccccc1CNC(CO)Cc1ccccc1. The van der Waals surface area contributed by atoms with Gasteiger partial charge in [-0.1, -0.05) is 54.6 Å². The summed E-state index contributed by atoms with van der Waals surface area (Å²) in [7, 11) is 0. The van der Waals surface area contributed by atoms with Gasteiger partial charge in [-0.25, -0.2) is 0 Å². The van der Waals surface area contributed by atoms with Gasteiger partial charge in [0.2, 0.25) is 0 Å². The Labute approximate surface area is 115 Å². The van der Waals surface area contributed by atoms with Gasteiger partial charge in [0, 0.05) is 12.6 Å². The van der Waals surface area contributed by atoms with E-state index in [0.29, 0.717) is 0 Å². The highest BCUT2D eigenvalue weighted by Gasteiger charge is 2.08. The van der Waals surface area contributed by atoms with Crippen LogP contribution in [-0.2, 0) is 13.0 Å². The summed E-state index contributed by atoms with van der Waals surface area (Å²) < 4.78 is 0. The molecule has 0 bridgehead atoms. The molecule has 0 aliphatic carbocycles. The lowest BCUT2D eigenvalue weighted by atomic mass is 10.1. The van der Waals surface area contributed by atoms with Crippen LogP contribution in [0.15, 0.2) is 54.6 Å². The molecule has 0 radical (unpaired) electrons. The largest absolute Gasteiger partial charge is 0.395 e. The van der Waals surface area contributed by atoms with Crippen molar-refractivity contribution in [2.24, 2.45) is 0 Å². The van der Waals surface area contributed by atoms with Crippen LogP contribution in [0.25, 0.3) is 0 Å². The van der Waals surface area contributed by atoms with Crippen LogP contribution in [0, 0.1) is 6.92 Å². The van der Waals surface area contributed by atoms with Crippen LogP contribution in [0.4, 0.5) is 0 Å². The lowest BCUT2D eigenvalue weighted by Gasteiger charge is -2.17. The monoisotopic (exact) mass is 255 g/mol. The van der Waals surface area contributed by atoms with E-state index in [9.17, 15) is 5.11 Å². The molecule has 0 amide bonds. The van der Waals surface area contributed by atoms with Gasteiger partial charge >= 0.3 is 0 Å². The van der Waals surface area contributed by atoms with Gasteiger partial charge in [-0.15, -0.1) is 0 Å². The van der Waals surface area contributed by atoms with Crippen LogP contribution in [-0.4, -0.2) is 17.8 Å². The molecular weight excluding hydrogens is 234 g/mol. The molecule has 0 heterocycles. The van der Waals surface area contributed by atoms with Gasteiger partial charge in [0.15, 0.2) is 0 Å². The molecule has 2 nitrogen and oxygen atoms in total. The van der Waals surface area contributed by atoms with Gasteiger partial charge in [-0.3, -0.25) is 0 Å². The van der Waals surface area contributed by atoms with Gasteiger partial charge in [-0.05, 0) is 30.0 Å². The second-order valence-corrected chi connectivity index (χ2v) is 4.88. The van der Waals surface area contributed by atoms with E-state index in [1.54, 1.807) is 0 Å². The molecule has 1 unspecified atom stereocenters. The molecule has 0 fully saturated rings. The van der Waals surface area contributed by atoms with Gasteiger partial charge in [0.05, 0.1) is 6.61 Å². The molecule has 0 saturated carbocycles. The number of benzene rings is 2. The number of aliphatic hydroxyl groups is 1. The fourth-order valence-electron chi connectivity index (χ4n) is 2.16. The first-order chi connectivity index (χ1) is 9.29. The minimum Gasteiger partial charge on any atom is -0.395 e. The van der Waals surface area contributed by atoms with Gasteiger partial charge in [0.25, 0.3) is 0 Å². The highest BCUT2D eigenvalue weighted by Crippen LogP contribution is 2.08. The maximum atomic E-state index is 9.47. The van der Waals surface area contributed by atoms with E-state index in [1.165, 1.54) is 16.7 Å². The van der Waals surface area contributed by atoms with E-state index >= 15 is 0 Å². The van der Waals surface area contributed by atoms with Gasteiger partial charge in [-0.2, -0.15) is 0 Å². The Bertz CT molecular complexity index is 496. The smallest absolute Gasteiger partial charge is 0.0587 e. The zero-order chi connectivity index (χ0) is 13.5. The summed E-state index contributed by atoms with van der Waals surface area (Å²) in [6, 6.07) is 18.7. The van der Waals surface area contributed by atoms with Crippen molar-refractivity contribution >= 4 is 0 Å². The van der Waals surface area contributed by atoms with Crippen LogP contribution in [0.3, 0.4) is 0 Å². The minimum absolute atomic E-state index is 0.0991. The van der Waals surface area contributed by atoms with Crippen molar-refractivity contribution in [3.63, 3.8) is 0 Å². The molecule has 19 heavy (non-hydrogen) atoms. The summed E-state index contributed by atoms with van der Waals surface area (Å²) in [4.78, 5) is 0. The molecule has 2 aromatic carbocycles. The third-order valence-corrected chi connectivity index (χ3v) is 3.39. The van der Waals surface area contributed by atoms with Crippen molar-refractivity contribution in [1.82, 2.24) is 5.32 Å². The van der Waals surface area contributed by atoms with Gasteiger partial charge < -0.3 is 10.4 Å². The molecule has 2 aromatic rings. The topological polar surface area (TPSA) is 32.3 Å². The second-order valence-electron chi connectivity index (χ2n) is 4.88. The third-order valence-electron chi connectivity index (χ3n) is 3.39. The van der Waals surface area contributed by atoms with Crippen LogP contribution in [0.2, 0.25) is 0 Å². The Morgan fingerprint density at radius 1 is 1.00 bits per heavy atom. The Kier molecular flexibility index (Phi) is 5.13. The molecule has 2 N–H and O–H groups in total. The number of aryl methyl sites for hydroxylation is 1. The van der Waals surface area contributed by atoms with Crippen LogP contribution >= 0.6 is 0 Å². The lowest BCUT2D eigenvalue weighted by molar-refractivity contribution is 0.240. The molecule has 0 spiro atoms. The highest BCUT2D eigenvalue weighted by molar-refractivity contribution is 5.25. The zero-order valence-corrected chi connectivity index (χ0v) is 11.3. The second kappa shape index (κ2) is 7.07. The van der Waals surface area contributed by atoms with Crippen molar-refractivity contribution in [3.05, 3.63) is 71.3 Å². The summed E-state index contributed by atoms with van der Waals surface area (Å²) in [5, 5.41) is 12.9. The summed E-state index contributed by atoms with van der Waals surface area (Å²) in [5.41, 5.74) is 3.82. The van der Waals surface area contributed by atoms with E-state index in [1.807, 2.05) is 24.3 Å². The maximum absolute atomic E-state index is 9.47. The normalized spacial score (nSPS) is 12.3. The number of hydrogen-bond acceptors (Lipinski definition) is 2. The minimum atomic E-state index is 0.0991. The summed E-state index contributed by atoms with van der Waals surface area (Å²) in [6.45, 7) is 3.06. The standard InChI is InChI=1S/C17H21NO/c1-14-7-5-6-10-16(14)12-18-17(13-19)11-15-8-3-2-4-9-15/h2-10,17-19H,11-13H2,1H3. The Hall–Kier alpha value is -1.64. The van der Waals surface area contributed by atoms with Crippen molar-refractivity contribution in [2.75, 3.05) is 6.61 Å². The fraction of sp³-hybridized carbons (Fsp3) is 0.294. The summed E-state index contributed by atoms with van der Waals surface area (Å²) in [6.07, 6.45) is 0.850. The summed E-state index contributed by atoms with van der Waals surface area (Å²) in [5.74, 6) is 0. The zero-order valence-electron chi connectivity index (χ0n) is 11.3. The molecule has 0 saturated heterocycles. The molecule has 100 valence electrons. The first-order valence-corrected chi connectivity index (χ1v) is 6.72. The molecule has 2 heteroatoms.